The molecule has 0 aliphatic carbocycles. The van der Waals surface area contributed by atoms with Crippen LogP contribution in [0.25, 0.3) is 10.2 Å². The van der Waals surface area contributed by atoms with Crippen molar-refractivity contribution in [3.8, 4) is 0 Å². The van der Waals surface area contributed by atoms with Gasteiger partial charge in [0.25, 0.3) is 0 Å². The van der Waals surface area contributed by atoms with Gasteiger partial charge in [0.05, 0.1) is 10.2 Å². The molecule has 106 valence electrons. The van der Waals surface area contributed by atoms with Crippen LogP contribution >= 0.6 is 22.9 Å². The number of fused-ring (bicyclic) bond motifs is 1. The molecule has 1 N–H and O–H groups in total. The number of benzene rings is 1. The Morgan fingerprint density at radius 3 is 3.05 bits per heavy atom. The molecule has 0 bridgehead atoms. The Morgan fingerprint density at radius 2 is 2.24 bits per heavy atom. The van der Waals surface area contributed by atoms with E-state index >= 15 is 0 Å². The molecular weight excluding hydrogens is 306 g/mol. The van der Waals surface area contributed by atoms with Crippen molar-refractivity contribution in [1.82, 2.24) is 9.97 Å². The molecule has 0 saturated carbocycles. The highest BCUT2D eigenvalue weighted by molar-refractivity contribution is 7.22. The molecule has 1 aromatic carbocycles. The van der Waals surface area contributed by atoms with Gasteiger partial charge in [-0.3, -0.25) is 9.78 Å². The van der Waals surface area contributed by atoms with Gasteiger partial charge in [-0.15, -0.1) is 0 Å². The van der Waals surface area contributed by atoms with Crippen LogP contribution in [0.4, 0.5) is 5.13 Å². The number of anilines is 1. The predicted molar refractivity (Wildman–Crippen MR) is 85.8 cm³/mol. The third kappa shape index (κ3) is 3.56. The van der Waals surface area contributed by atoms with Gasteiger partial charge in [0.1, 0.15) is 0 Å². The number of nitrogens with zero attached hydrogens (tertiary/aromatic N) is 2. The maximum Gasteiger partial charge on any atom is 0.226 e. The van der Waals surface area contributed by atoms with Crippen molar-refractivity contribution >= 4 is 44.2 Å². The van der Waals surface area contributed by atoms with Crippen LogP contribution in [0.2, 0.25) is 5.02 Å². The molecule has 0 unspecified atom stereocenters. The van der Waals surface area contributed by atoms with E-state index in [0.29, 0.717) is 23.0 Å². The van der Waals surface area contributed by atoms with Crippen molar-refractivity contribution in [3.05, 3.63) is 53.3 Å². The van der Waals surface area contributed by atoms with E-state index in [2.05, 4.69) is 15.3 Å². The maximum atomic E-state index is 11.9. The number of aromatic nitrogens is 2. The van der Waals surface area contributed by atoms with Crippen LogP contribution in [0.1, 0.15) is 12.0 Å². The average Bonchev–Trinajstić information content (AvgIpc) is 2.87. The lowest BCUT2D eigenvalue weighted by Crippen LogP contribution is -2.12. The molecule has 0 atom stereocenters. The number of pyridine rings is 1. The number of halogens is 1. The fourth-order valence-corrected chi connectivity index (χ4v) is 3.10. The van der Waals surface area contributed by atoms with E-state index < -0.39 is 0 Å². The summed E-state index contributed by atoms with van der Waals surface area (Å²) in [6, 6.07) is 9.31. The number of carbonyl (C=O) groups is 1. The third-order valence-electron chi connectivity index (χ3n) is 2.96. The van der Waals surface area contributed by atoms with Crippen LogP contribution in [0.15, 0.2) is 42.7 Å². The maximum absolute atomic E-state index is 11.9. The number of carbonyl (C=O) groups excluding carboxylic acids is 1. The van der Waals surface area contributed by atoms with Crippen molar-refractivity contribution in [3.63, 3.8) is 0 Å². The van der Waals surface area contributed by atoms with Crippen molar-refractivity contribution in [2.24, 2.45) is 0 Å². The molecule has 3 aromatic rings. The van der Waals surface area contributed by atoms with Gasteiger partial charge >= 0.3 is 0 Å². The van der Waals surface area contributed by atoms with Gasteiger partial charge in [-0.05, 0) is 36.2 Å². The second-order valence-electron chi connectivity index (χ2n) is 4.54. The molecule has 0 fully saturated rings. The molecule has 1 amide bonds. The number of rotatable bonds is 4. The second kappa shape index (κ2) is 6.20. The summed E-state index contributed by atoms with van der Waals surface area (Å²) in [5.74, 6) is -0.0518. The van der Waals surface area contributed by atoms with Gasteiger partial charge < -0.3 is 5.32 Å². The normalized spacial score (nSPS) is 10.7. The number of hydrogen-bond donors (Lipinski definition) is 1. The molecule has 3 rings (SSSR count). The van der Waals surface area contributed by atoms with E-state index in [9.17, 15) is 4.79 Å². The number of aryl methyl sites for hydroxylation is 1. The van der Waals surface area contributed by atoms with Crippen LogP contribution in [0, 0.1) is 0 Å². The lowest BCUT2D eigenvalue weighted by atomic mass is 10.1. The van der Waals surface area contributed by atoms with Crippen LogP contribution in [0.5, 0.6) is 0 Å². The minimum absolute atomic E-state index is 0.0518. The third-order valence-corrected chi connectivity index (χ3v) is 4.13. The highest BCUT2D eigenvalue weighted by atomic mass is 35.5. The van der Waals surface area contributed by atoms with Gasteiger partial charge in [0, 0.05) is 23.8 Å². The molecule has 21 heavy (non-hydrogen) atoms. The van der Waals surface area contributed by atoms with Gasteiger partial charge in [0.15, 0.2) is 5.13 Å². The monoisotopic (exact) mass is 317 g/mol. The Hall–Kier alpha value is -1.98. The lowest BCUT2D eigenvalue weighted by molar-refractivity contribution is -0.116. The lowest BCUT2D eigenvalue weighted by Gasteiger charge is -2.01. The quantitative estimate of drug-likeness (QED) is 0.793. The van der Waals surface area contributed by atoms with Crippen molar-refractivity contribution in [2.45, 2.75) is 12.8 Å². The molecule has 0 saturated heterocycles. The summed E-state index contributed by atoms with van der Waals surface area (Å²) in [6.45, 7) is 0. The number of nitrogens with one attached hydrogen (secondary N) is 1. The zero-order chi connectivity index (χ0) is 14.7. The average molecular weight is 318 g/mol. The van der Waals surface area contributed by atoms with Gasteiger partial charge in [0.2, 0.25) is 5.91 Å². The summed E-state index contributed by atoms with van der Waals surface area (Å²) >= 11 is 7.36. The van der Waals surface area contributed by atoms with Crippen molar-refractivity contribution in [1.29, 1.82) is 0 Å². The van der Waals surface area contributed by atoms with E-state index in [-0.39, 0.29) is 5.91 Å². The first-order chi connectivity index (χ1) is 10.2. The topological polar surface area (TPSA) is 54.9 Å². The van der Waals surface area contributed by atoms with E-state index in [0.717, 1.165) is 15.8 Å². The molecular formula is C15H12ClN3OS. The summed E-state index contributed by atoms with van der Waals surface area (Å²) in [4.78, 5) is 20.3. The minimum Gasteiger partial charge on any atom is -0.302 e. The Bertz CT molecular complexity index is 773. The van der Waals surface area contributed by atoms with Crippen LogP contribution in [0.3, 0.4) is 0 Å². The zero-order valence-corrected chi connectivity index (χ0v) is 12.6. The molecule has 0 radical (unpaired) electrons. The summed E-state index contributed by atoms with van der Waals surface area (Å²) in [7, 11) is 0. The smallest absolute Gasteiger partial charge is 0.226 e. The summed E-state index contributed by atoms with van der Waals surface area (Å²) in [5.41, 5.74) is 1.88. The first-order valence-corrected chi connectivity index (χ1v) is 7.65. The minimum atomic E-state index is -0.0518. The summed E-state index contributed by atoms with van der Waals surface area (Å²) in [6.07, 6.45) is 4.56. The van der Waals surface area contributed by atoms with E-state index in [1.165, 1.54) is 11.3 Å². The van der Waals surface area contributed by atoms with E-state index in [1.807, 2.05) is 24.3 Å². The fourth-order valence-electron chi connectivity index (χ4n) is 1.94. The predicted octanol–water partition coefficient (Wildman–Crippen LogP) is 3.92. The number of amides is 1. The van der Waals surface area contributed by atoms with Gasteiger partial charge in [-0.2, -0.15) is 0 Å². The molecule has 4 nitrogen and oxygen atoms in total. The Labute approximate surface area is 130 Å². The Balaban J connectivity index is 1.63. The largest absolute Gasteiger partial charge is 0.302 e. The van der Waals surface area contributed by atoms with Gasteiger partial charge in [-0.1, -0.05) is 29.0 Å². The second-order valence-corrected chi connectivity index (χ2v) is 6.01. The standard InChI is InChI=1S/C15H12ClN3OS/c16-11-4-5-12-13(8-11)21-15(18-12)19-14(20)6-3-10-2-1-7-17-9-10/h1-2,4-5,7-9H,3,6H2,(H,18,19,20). The van der Waals surface area contributed by atoms with Crippen LogP contribution in [-0.4, -0.2) is 15.9 Å². The van der Waals surface area contributed by atoms with Crippen LogP contribution in [-0.2, 0) is 11.2 Å². The fraction of sp³-hybridized carbons (Fsp3) is 0.133. The van der Waals surface area contributed by atoms with Crippen molar-refractivity contribution in [2.75, 3.05) is 5.32 Å². The SMILES string of the molecule is O=C(CCc1cccnc1)Nc1nc2ccc(Cl)cc2s1. The first kappa shape index (κ1) is 14.0. The highest BCUT2D eigenvalue weighted by Gasteiger charge is 2.08. The zero-order valence-electron chi connectivity index (χ0n) is 11.0. The molecule has 2 heterocycles. The number of hydrogen-bond acceptors (Lipinski definition) is 4. The number of thiazole rings is 1. The van der Waals surface area contributed by atoms with Crippen molar-refractivity contribution < 1.29 is 4.79 Å². The molecule has 2 aromatic heterocycles. The molecule has 0 aliphatic rings. The summed E-state index contributed by atoms with van der Waals surface area (Å²) < 4.78 is 0.963. The molecule has 6 heteroatoms. The van der Waals surface area contributed by atoms with E-state index in [4.69, 9.17) is 11.6 Å². The molecule has 0 aliphatic heterocycles. The highest BCUT2D eigenvalue weighted by Crippen LogP contribution is 2.28. The Morgan fingerprint density at radius 1 is 1.33 bits per heavy atom. The first-order valence-electron chi connectivity index (χ1n) is 6.45. The Kier molecular flexibility index (Phi) is 4.13. The van der Waals surface area contributed by atoms with Crippen LogP contribution < -0.4 is 5.32 Å². The van der Waals surface area contributed by atoms with E-state index in [1.54, 1.807) is 18.5 Å². The molecule has 0 spiro atoms. The summed E-state index contributed by atoms with van der Waals surface area (Å²) in [5, 5.41) is 4.09. The van der Waals surface area contributed by atoms with Gasteiger partial charge in [-0.25, -0.2) is 4.98 Å².